The molecule has 0 spiro atoms. The second kappa shape index (κ2) is 7.69. The van der Waals surface area contributed by atoms with E-state index in [0.717, 1.165) is 25.1 Å². The van der Waals surface area contributed by atoms with Crippen molar-refractivity contribution in [1.29, 1.82) is 0 Å². The molecule has 0 aromatic carbocycles. The number of hydrogen-bond acceptors (Lipinski definition) is 6. The summed E-state index contributed by atoms with van der Waals surface area (Å²) in [6, 6.07) is 0.0208. The van der Waals surface area contributed by atoms with Gasteiger partial charge in [-0.2, -0.15) is 11.8 Å². The molecule has 0 aromatic rings. The molecule has 0 radical (unpaired) electrons. The smallest absolute Gasteiger partial charge is 0.164 e. The summed E-state index contributed by atoms with van der Waals surface area (Å²) in [5.74, 6) is 1.64. The van der Waals surface area contributed by atoms with Crippen LogP contribution < -0.4 is 5.73 Å². The fourth-order valence-corrected chi connectivity index (χ4v) is 5.05. The Hall–Kier alpha value is 0.180. The van der Waals surface area contributed by atoms with Gasteiger partial charge >= 0.3 is 0 Å². The minimum Gasteiger partial charge on any atom is -0.385 e. The van der Waals surface area contributed by atoms with Gasteiger partial charge in [0.2, 0.25) is 0 Å². The van der Waals surface area contributed by atoms with Crippen LogP contribution in [0.3, 0.4) is 0 Å². The lowest BCUT2D eigenvalue weighted by Gasteiger charge is -2.35. The molecule has 1 saturated heterocycles. The van der Waals surface area contributed by atoms with Crippen LogP contribution in [0.5, 0.6) is 0 Å². The fourth-order valence-electron chi connectivity index (χ4n) is 2.10. The van der Waals surface area contributed by atoms with Crippen LogP contribution in [0.2, 0.25) is 0 Å². The van der Waals surface area contributed by atoms with Gasteiger partial charge in [-0.25, -0.2) is 8.42 Å². The lowest BCUT2D eigenvalue weighted by atomic mass is 10.1. The van der Waals surface area contributed by atoms with Crippen LogP contribution in [-0.2, 0) is 14.6 Å². The summed E-state index contributed by atoms with van der Waals surface area (Å²) in [6.45, 7) is 2.17. The van der Waals surface area contributed by atoms with Gasteiger partial charge in [-0.3, -0.25) is 4.90 Å². The zero-order valence-electron chi connectivity index (χ0n) is 11.2. The molecule has 2 atom stereocenters. The molecule has 18 heavy (non-hydrogen) atoms. The number of nitrogens with two attached hydrogens (primary N) is 1. The van der Waals surface area contributed by atoms with Gasteiger partial charge in [0.05, 0.1) is 0 Å². The maximum atomic E-state index is 11.7. The first-order valence-electron chi connectivity index (χ1n) is 6.20. The summed E-state index contributed by atoms with van der Waals surface area (Å²) in [5.41, 5.74) is 6.05. The Bertz CT molecular complexity index is 335. The third-order valence-electron chi connectivity index (χ3n) is 3.08. The first-order valence-corrected chi connectivity index (χ1v) is 9.31. The minimum atomic E-state index is -3.02. The number of hydrogen-bond donors (Lipinski definition) is 1. The normalized spacial score (nSPS) is 24.1. The molecular weight excluding hydrogens is 272 g/mol. The molecule has 1 heterocycles. The average Bonchev–Trinajstić information content (AvgIpc) is 2.28. The molecule has 0 aliphatic carbocycles. The molecular formula is C11H24N2O3S2. The Morgan fingerprint density at radius 2 is 2.28 bits per heavy atom. The van der Waals surface area contributed by atoms with E-state index in [1.807, 2.05) is 4.90 Å². The highest BCUT2D eigenvalue weighted by molar-refractivity contribution is 8.00. The molecule has 0 amide bonds. The SMILES string of the molecule is COCCCC(N)CN1CCSCC1S(C)(=O)=O. The van der Waals surface area contributed by atoms with Gasteiger partial charge in [-0.15, -0.1) is 0 Å². The maximum Gasteiger partial charge on any atom is 0.164 e. The summed E-state index contributed by atoms with van der Waals surface area (Å²) in [7, 11) is -1.35. The molecule has 1 fully saturated rings. The number of rotatable bonds is 7. The standard InChI is InChI=1S/C11H24N2O3S2/c1-16-6-3-4-10(12)8-13-5-7-17-9-11(13)18(2,14)15/h10-11H,3-9,12H2,1-2H3. The zero-order valence-corrected chi connectivity index (χ0v) is 12.8. The van der Waals surface area contributed by atoms with Crippen molar-refractivity contribution < 1.29 is 13.2 Å². The molecule has 0 bridgehead atoms. The predicted molar refractivity (Wildman–Crippen MR) is 76.6 cm³/mol. The second-order valence-electron chi connectivity index (χ2n) is 4.75. The quantitative estimate of drug-likeness (QED) is 0.675. The molecule has 1 aliphatic rings. The molecule has 7 heteroatoms. The van der Waals surface area contributed by atoms with Crippen LogP contribution in [0.25, 0.3) is 0 Å². The molecule has 1 aliphatic heterocycles. The monoisotopic (exact) mass is 296 g/mol. The molecule has 0 aromatic heterocycles. The van der Waals surface area contributed by atoms with Gasteiger partial charge in [0.25, 0.3) is 0 Å². The maximum absolute atomic E-state index is 11.7. The Morgan fingerprint density at radius 1 is 1.56 bits per heavy atom. The summed E-state index contributed by atoms with van der Waals surface area (Å²) in [6.07, 6.45) is 3.10. The molecule has 2 N–H and O–H groups in total. The van der Waals surface area contributed by atoms with E-state index in [4.69, 9.17) is 10.5 Å². The Balaban J connectivity index is 2.47. The summed E-state index contributed by atoms with van der Waals surface area (Å²) in [4.78, 5) is 2.02. The van der Waals surface area contributed by atoms with Crippen molar-refractivity contribution in [2.24, 2.45) is 5.73 Å². The number of methoxy groups -OCH3 is 1. The van der Waals surface area contributed by atoms with Gasteiger partial charge in [0.1, 0.15) is 5.37 Å². The van der Waals surface area contributed by atoms with E-state index < -0.39 is 9.84 Å². The number of ether oxygens (including phenoxy) is 1. The Labute approximate surface area is 114 Å². The summed E-state index contributed by atoms with van der Waals surface area (Å²) >= 11 is 1.70. The van der Waals surface area contributed by atoms with Crippen LogP contribution in [-0.4, -0.2) is 69.3 Å². The lowest BCUT2D eigenvalue weighted by molar-refractivity contribution is 0.184. The van der Waals surface area contributed by atoms with E-state index in [2.05, 4.69) is 0 Å². The third-order valence-corrected chi connectivity index (χ3v) is 5.76. The topological polar surface area (TPSA) is 72.6 Å². The molecule has 5 nitrogen and oxygen atoms in total. The zero-order chi connectivity index (χ0) is 13.6. The largest absolute Gasteiger partial charge is 0.385 e. The second-order valence-corrected chi connectivity index (χ2v) is 8.10. The Morgan fingerprint density at radius 3 is 2.89 bits per heavy atom. The highest BCUT2D eigenvalue weighted by atomic mass is 32.2. The summed E-state index contributed by atoms with van der Waals surface area (Å²) < 4.78 is 28.4. The van der Waals surface area contributed by atoms with Crippen molar-refractivity contribution in [1.82, 2.24) is 4.90 Å². The first kappa shape index (κ1) is 16.2. The highest BCUT2D eigenvalue weighted by Crippen LogP contribution is 2.20. The molecule has 108 valence electrons. The van der Waals surface area contributed by atoms with E-state index in [1.165, 1.54) is 6.26 Å². The van der Waals surface area contributed by atoms with Crippen LogP contribution in [0.1, 0.15) is 12.8 Å². The van der Waals surface area contributed by atoms with E-state index in [0.29, 0.717) is 18.9 Å². The molecule has 2 unspecified atom stereocenters. The highest BCUT2D eigenvalue weighted by Gasteiger charge is 2.31. The van der Waals surface area contributed by atoms with Crippen molar-refractivity contribution >= 4 is 21.6 Å². The fraction of sp³-hybridized carbons (Fsp3) is 1.00. The first-order chi connectivity index (χ1) is 8.45. The molecule has 0 saturated carbocycles. The van der Waals surface area contributed by atoms with Crippen molar-refractivity contribution in [2.75, 3.05) is 44.6 Å². The number of thioether (sulfide) groups is 1. The van der Waals surface area contributed by atoms with Crippen LogP contribution in [0, 0.1) is 0 Å². The van der Waals surface area contributed by atoms with Gasteiger partial charge in [0.15, 0.2) is 9.84 Å². The van der Waals surface area contributed by atoms with Crippen molar-refractivity contribution in [3.63, 3.8) is 0 Å². The molecule has 1 rings (SSSR count). The van der Waals surface area contributed by atoms with Gasteiger partial charge in [-0.05, 0) is 12.8 Å². The Kier molecular flexibility index (Phi) is 6.94. The van der Waals surface area contributed by atoms with Gasteiger partial charge in [-0.1, -0.05) is 0 Å². The average molecular weight is 296 g/mol. The lowest BCUT2D eigenvalue weighted by Crippen LogP contribution is -2.51. The minimum absolute atomic E-state index is 0.0208. The van der Waals surface area contributed by atoms with E-state index in [-0.39, 0.29) is 11.4 Å². The van der Waals surface area contributed by atoms with Gasteiger partial charge < -0.3 is 10.5 Å². The predicted octanol–water partition coefficient (Wildman–Crippen LogP) is 0.160. The van der Waals surface area contributed by atoms with Crippen LogP contribution >= 0.6 is 11.8 Å². The van der Waals surface area contributed by atoms with Crippen molar-refractivity contribution in [3.05, 3.63) is 0 Å². The van der Waals surface area contributed by atoms with E-state index in [1.54, 1.807) is 18.9 Å². The summed E-state index contributed by atoms with van der Waals surface area (Å²) in [5, 5.41) is -0.371. The van der Waals surface area contributed by atoms with Crippen molar-refractivity contribution in [3.8, 4) is 0 Å². The van der Waals surface area contributed by atoms with Crippen LogP contribution in [0.4, 0.5) is 0 Å². The number of sulfone groups is 1. The van der Waals surface area contributed by atoms with E-state index in [9.17, 15) is 8.42 Å². The third kappa shape index (κ3) is 5.44. The number of nitrogens with zero attached hydrogens (tertiary/aromatic N) is 1. The van der Waals surface area contributed by atoms with Crippen LogP contribution in [0.15, 0.2) is 0 Å². The van der Waals surface area contributed by atoms with Gasteiger partial charge in [0, 0.05) is 50.6 Å². The van der Waals surface area contributed by atoms with Crippen molar-refractivity contribution in [2.45, 2.75) is 24.3 Å². The van der Waals surface area contributed by atoms with E-state index >= 15 is 0 Å².